The molecule has 0 aromatic rings. The van der Waals surface area contributed by atoms with Gasteiger partial charge in [0, 0.05) is 19.6 Å². The van der Waals surface area contributed by atoms with Crippen molar-refractivity contribution in [1.29, 1.82) is 0 Å². The predicted octanol–water partition coefficient (Wildman–Crippen LogP) is 4.89. The lowest BCUT2D eigenvalue weighted by Gasteiger charge is -2.06. The molecule has 4 heteroatoms. The molecule has 0 aromatic carbocycles. The van der Waals surface area contributed by atoms with Gasteiger partial charge in [-0.05, 0) is 19.8 Å². The van der Waals surface area contributed by atoms with Crippen molar-refractivity contribution < 1.29 is 19.0 Å². The summed E-state index contributed by atoms with van der Waals surface area (Å²) in [6.45, 7) is 7.22. The summed E-state index contributed by atoms with van der Waals surface area (Å²) >= 11 is 0. The van der Waals surface area contributed by atoms with Crippen molar-refractivity contribution in [3.05, 3.63) is 0 Å². The summed E-state index contributed by atoms with van der Waals surface area (Å²) in [4.78, 5) is 11.1. The van der Waals surface area contributed by atoms with E-state index in [1.807, 2.05) is 6.92 Å². The highest BCUT2D eigenvalue weighted by molar-refractivity contribution is 5.69. The highest BCUT2D eigenvalue weighted by atomic mass is 16.5. The molecule has 0 spiro atoms. The van der Waals surface area contributed by atoms with Gasteiger partial charge in [-0.1, -0.05) is 58.3 Å². The van der Waals surface area contributed by atoms with Crippen LogP contribution in [0.5, 0.6) is 0 Å². The minimum atomic E-state index is -0.141. The molecule has 0 aliphatic heterocycles. The molecule has 0 aliphatic carbocycles. The lowest BCUT2D eigenvalue weighted by atomic mass is 10.1. The second kappa shape index (κ2) is 19.4. The Bertz CT molecular complexity index is 244. The van der Waals surface area contributed by atoms with Crippen LogP contribution in [-0.2, 0) is 19.0 Å². The maximum absolute atomic E-state index is 11.1. The minimum absolute atomic E-state index is 0.141. The number of carbonyl (C=O) groups is 1. The minimum Gasteiger partial charge on any atom is -0.466 e. The van der Waals surface area contributed by atoms with Crippen LogP contribution in [0.15, 0.2) is 0 Å². The van der Waals surface area contributed by atoms with E-state index in [9.17, 15) is 4.79 Å². The van der Waals surface area contributed by atoms with Gasteiger partial charge in [0.1, 0.15) is 0 Å². The molecule has 0 radical (unpaired) electrons. The maximum Gasteiger partial charge on any atom is 0.305 e. The summed E-state index contributed by atoms with van der Waals surface area (Å²) in [5, 5.41) is 0. The van der Waals surface area contributed by atoms with E-state index < -0.39 is 0 Å². The van der Waals surface area contributed by atoms with Crippen LogP contribution in [0.2, 0.25) is 0 Å². The fraction of sp³-hybridized carbons (Fsp3) is 0.947. The third kappa shape index (κ3) is 19.3. The highest BCUT2D eigenvalue weighted by Crippen LogP contribution is 2.09. The number of hydrogen-bond acceptors (Lipinski definition) is 4. The van der Waals surface area contributed by atoms with Crippen molar-refractivity contribution in [3.8, 4) is 0 Å². The van der Waals surface area contributed by atoms with Gasteiger partial charge in [0.25, 0.3) is 0 Å². The fourth-order valence-corrected chi connectivity index (χ4v) is 2.39. The van der Waals surface area contributed by atoms with Crippen LogP contribution in [0, 0.1) is 0 Å². The van der Waals surface area contributed by atoms with E-state index >= 15 is 0 Å². The molecule has 4 nitrogen and oxygen atoms in total. The van der Waals surface area contributed by atoms with Gasteiger partial charge in [0.2, 0.25) is 0 Å². The van der Waals surface area contributed by atoms with Gasteiger partial charge in [0.15, 0.2) is 0 Å². The second-order valence-electron chi connectivity index (χ2n) is 5.96. The first-order valence-corrected chi connectivity index (χ1v) is 9.62. The van der Waals surface area contributed by atoms with Crippen LogP contribution in [0.3, 0.4) is 0 Å². The van der Waals surface area contributed by atoms with Crippen LogP contribution in [0.1, 0.15) is 84.5 Å². The van der Waals surface area contributed by atoms with Crippen LogP contribution in [0.25, 0.3) is 0 Å². The van der Waals surface area contributed by atoms with Gasteiger partial charge < -0.3 is 14.2 Å². The largest absolute Gasteiger partial charge is 0.466 e. The molecule has 0 amide bonds. The monoisotopic (exact) mass is 330 g/mol. The van der Waals surface area contributed by atoms with E-state index in [0.29, 0.717) is 32.8 Å². The van der Waals surface area contributed by atoms with E-state index in [1.54, 1.807) is 0 Å². The quantitative estimate of drug-likeness (QED) is 0.265. The zero-order valence-corrected chi connectivity index (χ0v) is 15.4. The molecule has 0 aromatic heterocycles. The average Bonchev–Trinajstić information content (AvgIpc) is 2.54. The number of ether oxygens (including phenoxy) is 3. The molecule has 0 N–H and O–H groups in total. The van der Waals surface area contributed by atoms with Crippen molar-refractivity contribution in [2.45, 2.75) is 84.5 Å². The number of carbonyl (C=O) groups excluding carboxylic acids is 1. The molecule has 0 aliphatic rings. The fourth-order valence-electron chi connectivity index (χ4n) is 2.39. The SMILES string of the molecule is CCCCCCCCCCCOCCOCCCC(=O)OCC. The zero-order chi connectivity index (χ0) is 17.0. The maximum atomic E-state index is 11.1. The van der Waals surface area contributed by atoms with Gasteiger partial charge in [-0.2, -0.15) is 0 Å². The summed E-state index contributed by atoms with van der Waals surface area (Å²) in [7, 11) is 0. The summed E-state index contributed by atoms with van der Waals surface area (Å²) in [6.07, 6.45) is 13.2. The molecular weight excluding hydrogens is 292 g/mol. The molecule has 0 fully saturated rings. The molecule has 138 valence electrons. The second-order valence-corrected chi connectivity index (χ2v) is 5.96. The number of hydrogen-bond donors (Lipinski definition) is 0. The molecule has 0 saturated heterocycles. The lowest BCUT2D eigenvalue weighted by Crippen LogP contribution is -2.08. The first-order valence-electron chi connectivity index (χ1n) is 9.62. The standard InChI is InChI=1S/C19H38O4/c1-3-5-6-7-8-9-10-11-12-15-21-17-18-22-16-13-14-19(20)23-4-2/h3-18H2,1-2H3. The van der Waals surface area contributed by atoms with Gasteiger partial charge in [0.05, 0.1) is 19.8 Å². The zero-order valence-electron chi connectivity index (χ0n) is 15.4. The van der Waals surface area contributed by atoms with E-state index in [0.717, 1.165) is 19.4 Å². The summed E-state index contributed by atoms with van der Waals surface area (Å²) in [6, 6.07) is 0. The Hall–Kier alpha value is -0.610. The molecule has 0 saturated carbocycles. The van der Waals surface area contributed by atoms with Crippen molar-refractivity contribution in [1.82, 2.24) is 0 Å². The molecule has 0 unspecified atom stereocenters. The number of esters is 1. The van der Waals surface area contributed by atoms with Gasteiger partial charge in [-0.15, -0.1) is 0 Å². The Morgan fingerprint density at radius 2 is 1.17 bits per heavy atom. The summed E-state index contributed by atoms with van der Waals surface area (Å²) < 4.78 is 15.8. The van der Waals surface area contributed by atoms with Gasteiger partial charge in [-0.3, -0.25) is 4.79 Å². The Labute approximate surface area is 143 Å². The van der Waals surface area contributed by atoms with E-state index in [-0.39, 0.29) is 5.97 Å². The van der Waals surface area contributed by atoms with Crippen LogP contribution in [-0.4, -0.2) is 39.0 Å². The normalized spacial score (nSPS) is 10.9. The first-order chi connectivity index (χ1) is 11.3. The topological polar surface area (TPSA) is 44.8 Å². The molecule has 0 atom stereocenters. The molecule has 0 rings (SSSR count). The van der Waals surface area contributed by atoms with Crippen molar-refractivity contribution in [3.63, 3.8) is 0 Å². The summed E-state index contributed by atoms with van der Waals surface area (Å²) in [5.74, 6) is -0.141. The summed E-state index contributed by atoms with van der Waals surface area (Å²) in [5.41, 5.74) is 0. The van der Waals surface area contributed by atoms with Gasteiger partial charge in [-0.25, -0.2) is 0 Å². The van der Waals surface area contributed by atoms with Crippen LogP contribution < -0.4 is 0 Å². The van der Waals surface area contributed by atoms with Crippen molar-refractivity contribution in [2.75, 3.05) is 33.0 Å². The number of rotatable bonds is 18. The Morgan fingerprint density at radius 1 is 0.652 bits per heavy atom. The van der Waals surface area contributed by atoms with E-state index in [2.05, 4.69) is 6.92 Å². The van der Waals surface area contributed by atoms with E-state index in [1.165, 1.54) is 51.4 Å². The molecule has 0 heterocycles. The van der Waals surface area contributed by atoms with E-state index in [4.69, 9.17) is 14.2 Å². The Balaban J connectivity index is 3.01. The average molecular weight is 331 g/mol. The third-order valence-electron chi connectivity index (χ3n) is 3.74. The van der Waals surface area contributed by atoms with Crippen LogP contribution in [0.4, 0.5) is 0 Å². The molecule has 23 heavy (non-hydrogen) atoms. The third-order valence-corrected chi connectivity index (χ3v) is 3.74. The van der Waals surface area contributed by atoms with Crippen molar-refractivity contribution in [2.24, 2.45) is 0 Å². The molecular formula is C19H38O4. The number of unbranched alkanes of at least 4 members (excludes halogenated alkanes) is 8. The van der Waals surface area contributed by atoms with Crippen molar-refractivity contribution >= 4 is 5.97 Å². The Morgan fingerprint density at radius 3 is 1.74 bits per heavy atom. The smallest absolute Gasteiger partial charge is 0.305 e. The highest BCUT2D eigenvalue weighted by Gasteiger charge is 2.00. The van der Waals surface area contributed by atoms with Gasteiger partial charge >= 0.3 is 5.97 Å². The predicted molar refractivity (Wildman–Crippen MR) is 94.7 cm³/mol. The molecule has 0 bridgehead atoms. The lowest BCUT2D eigenvalue weighted by molar-refractivity contribution is -0.143. The van der Waals surface area contributed by atoms with Crippen LogP contribution >= 0.6 is 0 Å². The first kappa shape index (κ1) is 22.4. The Kier molecular flexibility index (Phi) is 18.9.